The molecule has 1 aliphatic heterocycles. The van der Waals surface area contributed by atoms with Gasteiger partial charge >= 0.3 is 0 Å². The van der Waals surface area contributed by atoms with Crippen molar-refractivity contribution in [1.29, 1.82) is 0 Å². The van der Waals surface area contributed by atoms with Crippen LogP contribution in [0.5, 0.6) is 0 Å². The van der Waals surface area contributed by atoms with Crippen LogP contribution in [0.4, 0.5) is 5.69 Å². The van der Waals surface area contributed by atoms with Crippen molar-refractivity contribution in [2.24, 2.45) is 11.1 Å². The van der Waals surface area contributed by atoms with Crippen molar-refractivity contribution in [2.45, 2.75) is 20.3 Å². The van der Waals surface area contributed by atoms with E-state index >= 15 is 0 Å². The zero-order valence-corrected chi connectivity index (χ0v) is 13.0. The highest BCUT2D eigenvalue weighted by atomic mass is 35.5. The van der Waals surface area contributed by atoms with Gasteiger partial charge in [-0.25, -0.2) is 0 Å². The summed E-state index contributed by atoms with van der Waals surface area (Å²) in [4.78, 5) is 24.6. The molecule has 21 heavy (non-hydrogen) atoms. The fraction of sp³-hybridized carbons (Fsp3) is 0.500. The lowest BCUT2D eigenvalue weighted by molar-refractivity contribution is -0.384. The normalized spacial score (nSPS) is 21.0. The third kappa shape index (κ3) is 3.51. The predicted molar refractivity (Wildman–Crippen MR) is 82.8 cm³/mol. The lowest BCUT2D eigenvalue weighted by Gasteiger charge is -2.23. The average Bonchev–Trinajstić information content (AvgIpc) is 2.82. The lowest BCUT2D eigenvalue weighted by Crippen LogP contribution is -2.34. The number of nitrogens with zero attached hydrogens (tertiary/aromatic N) is 2. The van der Waals surface area contributed by atoms with E-state index in [0.29, 0.717) is 25.2 Å². The van der Waals surface area contributed by atoms with Crippen LogP contribution in [0.3, 0.4) is 0 Å². The molecule has 0 bridgehead atoms. The largest absolute Gasteiger partial charge is 0.338 e. The first-order chi connectivity index (χ1) is 9.36. The van der Waals surface area contributed by atoms with E-state index in [1.807, 2.05) is 0 Å². The summed E-state index contributed by atoms with van der Waals surface area (Å²) in [7, 11) is 0. The number of hydrogen-bond donors (Lipinski definition) is 1. The van der Waals surface area contributed by atoms with Gasteiger partial charge in [0.2, 0.25) is 0 Å². The summed E-state index contributed by atoms with van der Waals surface area (Å²) in [6.07, 6.45) is 0.864. The Bertz CT molecular complexity index is 564. The number of carbonyl (C=O) groups excluding carboxylic acids is 1. The van der Waals surface area contributed by atoms with Gasteiger partial charge < -0.3 is 10.6 Å². The van der Waals surface area contributed by atoms with Crippen LogP contribution in [0, 0.1) is 22.5 Å². The van der Waals surface area contributed by atoms with Crippen molar-refractivity contribution >= 4 is 24.0 Å². The summed E-state index contributed by atoms with van der Waals surface area (Å²) in [5.41, 5.74) is 6.78. The first-order valence-corrected chi connectivity index (χ1v) is 6.61. The van der Waals surface area contributed by atoms with Crippen LogP contribution in [0.2, 0.25) is 0 Å². The van der Waals surface area contributed by atoms with Crippen LogP contribution in [-0.2, 0) is 0 Å². The van der Waals surface area contributed by atoms with Crippen molar-refractivity contribution < 1.29 is 9.72 Å². The quantitative estimate of drug-likeness (QED) is 0.684. The molecule has 0 aromatic heterocycles. The zero-order valence-electron chi connectivity index (χ0n) is 12.2. The third-order valence-electron chi connectivity index (χ3n) is 4.00. The molecule has 1 aromatic rings. The molecule has 0 spiro atoms. The maximum atomic E-state index is 12.5. The van der Waals surface area contributed by atoms with Crippen molar-refractivity contribution in [1.82, 2.24) is 4.90 Å². The van der Waals surface area contributed by atoms with E-state index < -0.39 is 4.92 Å². The van der Waals surface area contributed by atoms with E-state index in [4.69, 9.17) is 5.73 Å². The average molecular weight is 314 g/mol. The topological polar surface area (TPSA) is 89.5 Å². The van der Waals surface area contributed by atoms with Crippen molar-refractivity contribution in [3.8, 4) is 0 Å². The number of aryl methyl sites for hydroxylation is 1. The smallest absolute Gasteiger partial charge is 0.270 e. The van der Waals surface area contributed by atoms with Crippen LogP contribution < -0.4 is 5.73 Å². The molecule has 1 aromatic carbocycles. The van der Waals surface area contributed by atoms with Crippen molar-refractivity contribution in [3.05, 3.63) is 39.4 Å². The number of amides is 1. The number of carbonyl (C=O) groups is 1. The van der Waals surface area contributed by atoms with Gasteiger partial charge in [-0.3, -0.25) is 14.9 Å². The first-order valence-electron chi connectivity index (χ1n) is 6.61. The van der Waals surface area contributed by atoms with E-state index in [9.17, 15) is 14.9 Å². The number of benzene rings is 1. The number of halogens is 1. The molecular formula is C14H20ClN3O3. The maximum absolute atomic E-state index is 12.5. The fourth-order valence-electron chi connectivity index (χ4n) is 2.49. The Morgan fingerprint density at radius 3 is 2.71 bits per heavy atom. The van der Waals surface area contributed by atoms with Crippen LogP contribution >= 0.6 is 12.4 Å². The number of rotatable bonds is 3. The fourth-order valence-corrected chi connectivity index (χ4v) is 2.49. The number of nitro benzene ring substituents is 1. The summed E-state index contributed by atoms with van der Waals surface area (Å²) in [5, 5.41) is 10.8. The summed E-state index contributed by atoms with van der Waals surface area (Å²) in [5.74, 6) is -0.150. The first kappa shape index (κ1) is 17.4. The second-order valence-corrected chi connectivity index (χ2v) is 5.75. The Balaban J connectivity index is 0.00000220. The van der Waals surface area contributed by atoms with E-state index in [1.54, 1.807) is 17.9 Å². The van der Waals surface area contributed by atoms with E-state index in [2.05, 4.69) is 6.92 Å². The molecule has 6 nitrogen and oxygen atoms in total. The van der Waals surface area contributed by atoms with Gasteiger partial charge in [-0.2, -0.15) is 0 Å². The molecule has 0 radical (unpaired) electrons. The van der Waals surface area contributed by atoms with Crippen LogP contribution in [0.1, 0.15) is 29.3 Å². The summed E-state index contributed by atoms with van der Waals surface area (Å²) in [6.45, 7) is 5.62. The molecule has 1 aliphatic rings. The number of hydrogen-bond acceptors (Lipinski definition) is 4. The van der Waals surface area contributed by atoms with Gasteiger partial charge in [-0.15, -0.1) is 12.4 Å². The Hall–Kier alpha value is -1.66. The third-order valence-corrected chi connectivity index (χ3v) is 4.00. The van der Waals surface area contributed by atoms with E-state index in [0.717, 1.165) is 12.0 Å². The van der Waals surface area contributed by atoms with Gasteiger partial charge in [0.15, 0.2) is 0 Å². The molecule has 1 atom stereocenters. The molecular weight excluding hydrogens is 294 g/mol. The minimum Gasteiger partial charge on any atom is -0.338 e. The van der Waals surface area contributed by atoms with Crippen LogP contribution in [0.15, 0.2) is 18.2 Å². The SMILES string of the molecule is Cc1ccc([N+](=O)[O-])cc1C(=O)N1CCC(C)(CN)C1.Cl. The Morgan fingerprint density at radius 1 is 1.52 bits per heavy atom. The molecule has 0 aliphatic carbocycles. The molecule has 1 saturated heterocycles. The molecule has 116 valence electrons. The van der Waals surface area contributed by atoms with Crippen molar-refractivity contribution in [3.63, 3.8) is 0 Å². The maximum Gasteiger partial charge on any atom is 0.270 e. The second kappa shape index (κ2) is 6.41. The highest BCUT2D eigenvalue weighted by Crippen LogP contribution is 2.30. The zero-order chi connectivity index (χ0) is 14.9. The number of likely N-dealkylation sites (tertiary alicyclic amines) is 1. The summed E-state index contributed by atoms with van der Waals surface area (Å²) >= 11 is 0. The highest BCUT2D eigenvalue weighted by Gasteiger charge is 2.35. The number of non-ortho nitro benzene ring substituents is 1. The standard InChI is InChI=1S/C14H19N3O3.ClH/c1-10-3-4-11(17(19)20)7-12(10)13(18)16-6-5-14(2,8-15)9-16;/h3-4,7H,5-6,8-9,15H2,1-2H3;1H. The minimum absolute atomic E-state index is 0. The molecule has 2 N–H and O–H groups in total. The molecule has 1 amide bonds. The van der Waals surface area contributed by atoms with Gasteiger partial charge in [0.25, 0.3) is 11.6 Å². The molecule has 1 fully saturated rings. The second-order valence-electron chi connectivity index (χ2n) is 5.75. The van der Waals surface area contributed by atoms with Crippen LogP contribution in [-0.4, -0.2) is 35.4 Å². The molecule has 0 saturated carbocycles. The predicted octanol–water partition coefficient (Wildman–Crippen LogP) is 2.14. The van der Waals surface area contributed by atoms with Gasteiger partial charge in [0, 0.05) is 30.8 Å². The van der Waals surface area contributed by atoms with Crippen LogP contribution in [0.25, 0.3) is 0 Å². The molecule has 2 rings (SSSR count). The van der Waals surface area contributed by atoms with E-state index in [-0.39, 0.29) is 29.4 Å². The van der Waals surface area contributed by atoms with Gasteiger partial charge in [-0.05, 0) is 30.9 Å². The summed E-state index contributed by atoms with van der Waals surface area (Å²) < 4.78 is 0. The number of nitro groups is 1. The monoisotopic (exact) mass is 313 g/mol. The van der Waals surface area contributed by atoms with Gasteiger partial charge in [0.1, 0.15) is 0 Å². The Kier molecular flexibility index (Phi) is 5.31. The lowest BCUT2D eigenvalue weighted by atomic mass is 9.90. The minimum atomic E-state index is -0.482. The Labute approximate surface area is 129 Å². The summed E-state index contributed by atoms with van der Waals surface area (Å²) in [6, 6.07) is 4.39. The molecule has 1 heterocycles. The molecule has 7 heteroatoms. The van der Waals surface area contributed by atoms with Gasteiger partial charge in [-0.1, -0.05) is 13.0 Å². The number of nitrogens with two attached hydrogens (primary N) is 1. The molecule has 1 unspecified atom stereocenters. The highest BCUT2D eigenvalue weighted by molar-refractivity contribution is 5.96. The van der Waals surface area contributed by atoms with Gasteiger partial charge in [0.05, 0.1) is 4.92 Å². The van der Waals surface area contributed by atoms with Crippen molar-refractivity contribution in [2.75, 3.05) is 19.6 Å². The Morgan fingerprint density at radius 2 is 2.19 bits per heavy atom. The van der Waals surface area contributed by atoms with E-state index in [1.165, 1.54) is 12.1 Å².